The van der Waals surface area contributed by atoms with Gasteiger partial charge in [-0.3, -0.25) is 24.2 Å². The summed E-state index contributed by atoms with van der Waals surface area (Å²) in [4.78, 5) is 43.6. The lowest BCUT2D eigenvalue weighted by molar-refractivity contribution is -0.139. The number of nitrogens with zero attached hydrogens (tertiary/aromatic N) is 1. The van der Waals surface area contributed by atoms with Gasteiger partial charge in [0.25, 0.3) is 0 Å². The van der Waals surface area contributed by atoms with Gasteiger partial charge in [-0.25, -0.2) is 0 Å². The molecule has 16 N–H and O–H groups in total. The van der Waals surface area contributed by atoms with Crippen LogP contribution in [-0.4, -0.2) is 81.5 Å². The highest BCUT2D eigenvalue weighted by Gasteiger charge is 2.12. The maximum atomic E-state index is 10.4. The molecule has 1 rings (SSSR count). The van der Waals surface area contributed by atoms with Crippen LogP contribution in [0.15, 0.2) is 35.3 Å². The summed E-state index contributed by atoms with van der Waals surface area (Å²) in [6, 6.07) is 7.03. The Morgan fingerprint density at radius 3 is 1.58 bits per heavy atom. The van der Waals surface area contributed by atoms with Gasteiger partial charge >= 0.3 is 23.9 Å². The summed E-state index contributed by atoms with van der Waals surface area (Å²) in [6.45, 7) is 4.04. The van der Waals surface area contributed by atoms with E-state index in [0.29, 0.717) is 38.1 Å². The Balaban J connectivity index is -0.000000449. The topological polar surface area (TPSA) is 318 Å². The molecule has 0 aliphatic carbocycles. The number of rotatable bonds is 12. The molecule has 0 radical (unpaired) electrons. The molecule has 0 heterocycles. The van der Waals surface area contributed by atoms with Crippen molar-refractivity contribution >= 4 is 29.8 Å². The van der Waals surface area contributed by atoms with E-state index in [1.54, 1.807) is 0 Å². The molecule has 0 saturated heterocycles. The van der Waals surface area contributed by atoms with Crippen molar-refractivity contribution in [2.45, 2.75) is 57.7 Å². The van der Waals surface area contributed by atoms with Crippen LogP contribution in [0.25, 0.3) is 0 Å². The third-order valence-corrected chi connectivity index (χ3v) is 4.12. The van der Waals surface area contributed by atoms with Gasteiger partial charge in [-0.15, -0.1) is 0 Å². The molecule has 0 saturated carbocycles. The van der Waals surface area contributed by atoms with Crippen molar-refractivity contribution < 1.29 is 39.6 Å². The third kappa shape index (κ3) is 28.4. The minimum atomic E-state index is -1.00. The number of carbonyl (C=O) groups is 4. The summed E-state index contributed by atoms with van der Waals surface area (Å²) in [5.41, 5.74) is 31.4. The molecular weight excluding hydrogens is 502 g/mol. The van der Waals surface area contributed by atoms with Crippen LogP contribution in [0.3, 0.4) is 0 Å². The zero-order chi connectivity index (χ0) is 30.3. The Kier molecular flexibility index (Phi) is 24.1. The third-order valence-electron chi connectivity index (χ3n) is 4.12. The van der Waals surface area contributed by atoms with E-state index >= 15 is 0 Å². The van der Waals surface area contributed by atoms with Crippen molar-refractivity contribution in [1.82, 2.24) is 0 Å². The second kappa shape index (κ2) is 23.6. The van der Waals surface area contributed by atoms with E-state index in [-0.39, 0.29) is 12.5 Å². The molecule has 3 atom stereocenters. The smallest absolute Gasteiger partial charge is 0.320 e. The number of carboxylic acids is 4. The predicted octanol–water partition coefficient (Wildman–Crippen LogP) is -1.43. The second-order valence-electron chi connectivity index (χ2n) is 8.20. The Labute approximate surface area is 221 Å². The molecule has 0 amide bonds. The van der Waals surface area contributed by atoms with Crippen molar-refractivity contribution in [2.75, 3.05) is 13.1 Å². The predicted molar refractivity (Wildman–Crippen MR) is 143 cm³/mol. The minimum Gasteiger partial charge on any atom is -0.480 e. The van der Waals surface area contributed by atoms with Gasteiger partial charge < -0.3 is 54.8 Å². The van der Waals surface area contributed by atoms with Gasteiger partial charge in [0.1, 0.15) is 18.1 Å². The van der Waals surface area contributed by atoms with E-state index in [1.807, 2.05) is 44.2 Å². The number of nitrogens with two attached hydrogens (primary N) is 6. The molecule has 0 aromatic heterocycles. The highest BCUT2D eigenvalue weighted by atomic mass is 16.4. The van der Waals surface area contributed by atoms with Crippen LogP contribution < -0.4 is 34.4 Å². The van der Waals surface area contributed by atoms with Crippen molar-refractivity contribution in [3.8, 4) is 0 Å². The largest absolute Gasteiger partial charge is 0.480 e. The van der Waals surface area contributed by atoms with Gasteiger partial charge in [0.2, 0.25) is 0 Å². The Bertz CT molecular complexity index is 834. The van der Waals surface area contributed by atoms with Gasteiger partial charge in [-0.2, -0.15) is 0 Å². The van der Waals surface area contributed by atoms with Crippen LogP contribution in [-0.2, 0) is 25.6 Å². The monoisotopic (exact) mass is 545 g/mol. The molecule has 218 valence electrons. The highest BCUT2D eigenvalue weighted by molar-refractivity contribution is 5.75. The van der Waals surface area contributed by atoms with Gasteiger partial charge in [-0.05, 0) is 37.2 Å². The zero-order valence-electron chi connectivity index (χ0n) is 21.8. The first-order chi connectivity index (χ1) is 17.5. The van der Waals surface area contributed by atoms with Crippen LogP contribution in [0.5, 0.6) is 0 Å². The first-order valence-electron chi connectivity index (χ1n) is 11.5. The van der Waals surface area contributed by atoms with Crippen molar-refractivity contribution in [3.63, 3.8) is 0 Å². The zero-order valence-corrected chi connectivity index (χ0v) is 21.8. The molecule has 38 heavy (non-hydrogen) atoms. The van der Waals surface area contributed by atoms with E-state index in [2.05, 4.69) is 10.7 Å². The molecule has 0 aliphatic rings. The second-order valence-corrected chi connectivity index (χ2v) is 8.20. The molecule has 0 spiro atoms. The van der Waals surface area contributed by atoms with E-state index < -0.39 is 42.0 Å². The maximum Gasteiger partial charge on any atom is 0.320 e. The van der Waals surface area contributed by atoms with Crippen molar-refractivity contribution in [2.24, 2.45) is 45.3 Å². The number of hydrogen-bond donors (Lipinski definition) is 10. The fourth-order valence-corrected chi connectivity index (χ4v) is 2.21. The highest BCUT2D eigenvalue weighted by Crippen LogP contribution is 2.02. The average Bonchev–Trinajstić information content (AvgIpc) is 2.82. The number of benzene rings is 1. The van der Waals surface area contributed by atoms with E-state index in [4.69, 9.17) is 49.1 Å². The fourth-order valence-electron chi connectivity index (χ4n) is 2.21. The van der Waals surface area contributed by atoms with Crippen LogP contribution in [0.2, 0.25) is 0 Å². The summed E-state index contributed by atoms with van der Waals surface area (Å²) in [5.74, 6) is -3.47. The Hall–Kier alpha value is -3.79. The first kappa shape index (κ1) is 38.7. The maximum absolute atomic E-state index is 10.4. The summed E-state index contributed by atoms with van der Waals surface area (Å²) in [5, 5.41) is 32.8. The summed E-state index contributed by atoms with van der Waals surface area (Å²) in [6.07, 6.45) is 1.89. The van der Waals surface area contributed by atoms with Crippen LogP contribution in [0.1, 0.15) is 38.7 Å². The number of aliphatic carboxylic acids is 4. The SMILES string of the molecule is CC(C)C[C@H](N)C(=O)O.NC(N)=NCCC[C@H](N)C(=O)O.NCC(=O)O.N[C@@H](Cc1ccccc1)C(=O)O. The van der Waals surface area contributed by atoms with Gasteiger partial charge in [0, 0.05) is 6.54 Å². The normalized spacial score (nSPS) is 12.0. The Morgan fingerprint density at radius 2 is 1.26 bits per heavy atom. The molecule has 1 aromatic carbocycles. The molecule has 15 heteroatoms. The fraction of sp³-hybridized carbons (Fsp3) is 0.522. The number of guanidine groups is 1. The molecule has 15 nitrogen and oxygen atoms in total. The minimum absolute atomic E-state index is 0.0129. The molecule has 0 unspecified atom stereocenters. The number of hydrogen-bond acceptors (Lipinski definition) is 9. The van der Waals surface area contributed by atoms with E-state index in [9.17, 15) is 19.2 Å². The van der Waals surface area contributed by atoms with Crippen LogP contribution >= 0.6 is 0 Å². The summed E-state index contributed by atoms with van der Waals surface area (Å²) >= 11 is 0. The summed E-state index contributed by atoms with van der Waals surface area (Å²) in [7, 11) is 0. The van der Waals surface area contributed by atoms with E-state index in [1.165, 1.54) is 0 Å². The molecular formula is C23H43N7O8. The number of aliphatic imine (C=N–C) groups is 1. The van der Waals surface area contributed by atoms with Crippen molar-refractivity contribution in [1.29, 1.82) is 0 Å². The summed E-state index contributed by atoms with van der Waals surface area (Å²) < 4.78 is 0. The van der Waals surface area contributed by atoms with Gasteiger partial charge in [-0.1, -0.05) is 44.2 Å². The molecule has 0 bridgehead atoms. The lowest BCUT2D eigenvalue weighted by atomic mass is 10.1. The van der Waals surface area contributed by atoms with Crippen LogP contribution in [0, 0.1) is 5.92 Å². The number of carboxylic acid groups (broad SMARTS) is 4. The van der Waals surface area contributed by atoms with E-state index in [0.717, 1.165) is 5.56 Å². The van der Waals surface area contributed by atoms with Gasteiger partial charge in [0.05, 0.1) is 6.54 Å². The van der Waals surface area contributed by atoms with Gasteiger partial charge in [0.15, 0.2) is 5.96 Å². The molecule has 0 fully saturated rings. The average molecular weight is 546 g/mol. The quantitative estimate of drug-likeness (QED) is 0.0817. The standard InChI is InChI=1S/C9H11NO2.C6H14N4O2.C6H13NO2.C2H5NO2/c10-8(9(11)12)6-7-4-2-1-3-5-7;7-4(5(11)12)2-1-3-10-6(8)9;1-4(2)3-5(7)6(8)9;3-1-2(4)5/h1-5,8H,6,10H2,(H,11,12);4H,1-3,7H2,(H,11,12)(H4,8,9,10);4-5H,3,7H2,1-2H3,(H,8,9);1,3H2,(H,4,5)/t8-;4-;5-;/m000./s1. The van der Waals surface area contributed by atoms with Crippen LogP contribution in [0.4, 0.5) is 0 Å². The lowest BCUT2D eigenvalue weighted by Gasteiger charge is -2.07. The molecule has 1 aromatic rings. The lowest BCUT2D eigenvalue weighted by Crippen LogP contribution is -2.32. The Morgan fingerprint density at radius 1 is 0.816 bits per heavy atom. The molecule has 0 aliphatic heterocycles. The van der Waals surface area contributed by atoms with Crippen molar-refractivity contribution in [3.05, 3.63) is 35.9 Å². The first-order valence-corrected chi connectivity index (χ1v) is 11.5.